The van der Waals surface area contributed by atoms with Gasteiger partial charge in [-0.15, -0.1) is 0 Å². The molecule has 2 aromatic carbocycles. The van der Waals surface area contributed by atoms with Crippen molar-refractivity contribution < 1.29 is 13.2 Å². The maximum atomic E-state index is 13.2. The number of halogens is 1. The lowest BCUT2D eigenvalue weighted by molar-refractivity contribution is -0.116. The maximum Gasteiger partial charge on any atom is 0.245 e. The van der Waals surface area contributed by atoms with Gasteiger partial charge in [0, 0.05) is 27.8 Å². The molecule has 0 saturated heterocycles. The van der Waals surface area contributed by atoms with E-state index in [9.17, 15) is 13.2 Å². The molecule has 6 nitrogen and oxygen atoms in total. The molecule has 2 heterocycles. The first-order valence-corrected chi connectivity index (χ1v) is 11.0. The van der Waals surface area contributed by atoms with Crippen LogP contribution < -0.4 is 5.32 Å². The highest BCUT2D eigenvalue weighted by molar-refractivity contribution is 7.91. The molecule has 0 aliphatic heterocycles. The summed E-state index contributed by atoms with van der Waals surface area (Å²) in [6, 6.07) is 18.5. The van der Waals surface area contributed by atoms with E-state index in [1.807, 2.05) is 13.0 Å². The Morgan fingerprint density at radius 2 is 1.77 bits per heavy atom. The molecule has 1 amide bonds. The summed E-state index contributed by atoms with van der Waals surface area (Å²) in [4.78, 5) is 17.1. The SMILES string of the molecule is Cc1cccc(NC(=O)Cn2cc(S(=O)(=O)c3ccc(Cl)cc3)c3ccccc32)n1. The molecule has 4 aromatic rings. The summed E-state index contributed by atoms with van der Waals surface area (Å²) in [5, 5.41) is 3.75. The number of para-hydroxylation sites is 1. The largest absolute Gasteiger partial charge is 0.337 e. The zero-order valence-electron chi connectivity index (χ0n) is 16.0. The number of hydrogen-bond donors (Lipinski definition) is 1. The highest BCUT2D eigenvalue weighted by Gasteiger charge is 2.24. The van der Waals surface area contributed by atoms with E-state index in [1.54, 1.807) is 41.0 Å². The molecule has 0 radical (unpaired) electrons. The van der Waals surface area contributed by atoms with E-state index in [4.69, 9.17) is 11.6 Å². The van der Waals surface area contributed by atoms with E-state index in [0.717, 1.165) is 5.69 Å². The fourth-order valence-corrected chi connectivity index (χ4v) is 4.85. The van der Waals surface area contributed by atoms with Crippen LogP contribution in [0.25, 0.3) is 10.9 Å². The van der Waals surface area contributed by atoms with Crippen LogP contribution in [-0.2, 0) is 21.2 Å². The lowest BCUT2D eigenvalue weighted by Gasteiger charge is -2.07. The Bertz CT molecular complexity index is 1350. The van der Waals surface area contributed by atoms with Gasteiger partial charge in [0.1, 0.15) is 12.4 Å². The Balaban J connectivity index is 1.70. The summed E-state index contributed by atoms with van der Waals surface area (Å²) < 4.78 is 28.1. The van der Waals surface area contributed by atoms with E-state index >= 15 is 0 Å². The van der Waals surface area contributed by atoms with Crippen LogP contribution in [0.3, 0.4) is 0 Å². The van der Waals surface area contributed by atoms with E-state index in [2.05, 4.69) is 10.3 Å². The Hall–Kier alpha value is -3.16. The van der Waals surface area contributed by atoms with E-state index in [0.29, 0.717) is 21.7 Å². The number of fused-ring (bicyclic) bond motifs is 1. The van der Waals surface area contributed by atoms with Gasteiger partial charge in [-0.1, -0.05) is 35.9 Å². The van der Waals surface area contributed by atoms with Crippen LogP contribution in [0, 0.1) is 6.92 Å². The Labute approximate surface area is 179 Å². The number of aryl methyl sites for hydroxylation is 1. The fourth-order valence-electron chi connectivity index (χ4n) is 3.25. The van der Waals surface area contributed by atoms with Crippen molar-refractivity contribution in [3.05, 3.63) is 83.6 Å². The number of nitrogens with zero attached hydrogens (tertiary/aromatic N) is 2. The third kappa shape index (κ3) is 3.94. The molecule has 0 fully saturated rings. The van der Waals surface area contributed by atoms with Gasteiger partial charge < -0.3 is 9.88 Å². The van der Waals surface area contributed by atoms with Gasteiger partial charge >= 0.3 is 0 Å². The zero-order chi connectivity index (χ0) is 21.3. The van der Waals surface area contributed by atoms with E-state index in [-0.39, 0.29) is 22.2 Å². The number of amides is 1. The average Bonchev–Trinajstić information content (AvgIpc) is 3.07. The van der Waals surface area contributed by atoms with Crippen LogP contribution in [0.1, 0.15) is 5.69 Å². The molecule has 0 bridgehead atoms. The maximum absolute atomic E-state index is 13.2. The monoisotopic (exact) mass is 439 g/mol. The smallest absolute Gasteiger partial charge is 0.245 e. The Morgan fingerprint density at radius 3 is 2.50 bits per heavy atom. The minimum absolute atomic E-state index is 0.0493. The number of sulfone groups is 1. The summed E-state index contributed by atoms with van der Waals surface area (Å²) in [5.41, 5.74) is 1.44. The van der Waals surface area contributed by atoms with Gasteiger partial charge in [0.25, 0.3) is 0 Å². The van der Waals surface area contributed by atoms with Crippen LogP contribution in [0.2, 0.25) is 5.02 Å². The normalized spacial score (nSPS) is 11.5. The number of carbonyl (C=O) groups is 1. The second-order valence-electron chi connectivity index (χ2n) is 6.81. The number of hydrogen-bond acceptors (Lipinski definition) is 4. The number of aromatic nitrogens is 2. The van der Waals surface area contributed by atoms with Gasteiger partial charge in [-0.25, -0.2) is 13.4 Å². The van der Waals surface area contributed by atoms with Crippen molar-refractivity contribution in [3.8, 4) is 0 Å². The quantitative estimate of drug-likeness (QED) is 0.497. The first-order valence-electron chi connectivity index (χ1n) is 9.16. The van der Waals surface area contributed by atoms with Gasteiger partial charge in [0.2, 0.25) is 15.7 Å². The van der Waals surface area contributed by atoms with E-state index in [1.165, 1.54) is 30.5 Å². The molecule has 152 valence electrons. The average molecular weight is 440 g/mol. The topological polar surface area (TPSA) is 81.1 Å². The highest BCUT2D eigenvalue weighted by atomic mass is 35.5. The van der Waals surface area contributed by atoms with Gasteiger partial charge in [0.15, 0.2) is 0 Å². The first kappa shape index (κ1) is 20.1. The van der Waals surface area contributed by atoms with Gasteiger partial charge in [-0.2, -0.15) is 0 Å². The predicted molar refractivity (Wildman–Crippen MR) is 116 cm³/mol. The minimum atomic E-state index is -3.79. The predicted octanol–water partition coefficient (Wildman–Crippen LogP) is 4.47. The van der Waals surface area contributed by atoms with Crippen LogP contribution >= 0.6 is 11.6 Å². The minimum Gasteiger partial charge on any atom is -0.337 e. The van der Waals surface area contributed by atoms with Gasteiger partial charge in [-0.3, -0.25) is 4.79 Å². The third-order valence-electron chi connectivity index (χ3n) is 4.64. The van der Waals surface area contributed by atoms with Crippen LogP contribution in [0.15, 0.2) is 82.7 Å². The summed E-state index contributed by atoms with van der Waals surface area (Å²) in [7, 11) is -3.79. The van der Waals surface area contributed by atoms with Gasteiger partial charge in [-0.05, 0) is 49.4 Å². The zero-order valence-corrected chi connectivity index (χ0v) is 17.6. The van der Waals surface area contributed by atoms with Crippen molar-refractivity contribution in [1.82, 2.24) is 9.55 Å². The molecular weight excluding hydrogens is 422 g/mol. The third-order valence-corrected chi connectivity index (χ3v) is 6.68. The number of rotatable bonds is 5. The number of carbonyl (C=O) groups excluding carboxylic acids is 1. The molecule has 8 heteroatoms. The molecule has 30 heavy (non-hydrogen) atoms. The van der Waals surface area contributed by atoms with Crippen LogP contribution in [-0.4, -0.2) is 23.9 Å². The molecule has 0 spiro atoms. The highest BCUT2D eigenvalue weighted by Crippen LogP contribution is 2.30. The summed E-state index contributed by atoms with van der Waals surface area (Å²) in [6.45, 7) is 1.79. The Morgan fingerprint density at radius 1 is 1.03 bits per heavy atom. The van der Waals surface area contributed by atoms with Crippen LogP contribution in [0.4, 0.5) is 5.82 Å². The lowest BCUT2D eigenvalue weighted by atomic mass is 10.2. The fraction of sp³-hybridized carbons (Fsp3) is 0.0909. The lowest BCUT2D eigenvalue weighted by Crippen LogP contribution is -2.19. The number of pyridine rings is 1. The second kappa shape index (κ2) is 7.93. The molecular formula is C22H18ClN3O3S. The van der Waals surface area contributed by atoms with Crippen molar-refractivity contribution in [2.45, 2.75) is 23.3 Å². The number of benzene rings is 2. The Kier molecular flexibility index (Phi) is 5.32. The van der Waals surface area contributed by atoms with E-state index < -0.39 is 9.84 Å². The standard InChI is InChI=1S/C22H18ClN3O3S/c1-15-5-4-8-21(24-15)25-22(27)14-26-13-20(18-6-2-3-7-19(18)26)30(28,29)17-11-9-16(23)10-12-17/h2-13H,14H2,1H3,(H,24,25,27). The summed E-state index contributed by atoms with van der Waals surface area (Å²) in [6.07, 6.45) is 1.50. The van der Waals surface area contributed by atoms with Crippen molar-refractivity contribution in [2.24, 2.45) is 0 Å². The van der Waals surface area contributed by atoms with Crippen molar-refractivity contribution in [2.75, 3.05) is 5.32 Å². The molecule has 0 atom stereocenters. The van der Waals surface area contributed by atoms with Crippen LogP contribution in [0.5, 0.6) is 0 Å². The molecule has 4 rings (SSSR count). The first-order chi connectivity index (χ1) is 14.3. The molecule has 0 saturated carbocycles. The second-order valence-corrected chi connectivity index (χ2v) is 9.16. The molecule has 0 unspecified atom stereocenters. The number of anilines is 1. The summed E-state index contributed by atoms with van der Waals surface area (Å²) >= 11 is 5.89. The number of nitrogens with one attached hydrogen (secondary N) is 1. The van der Waals surface area contributed by atoms with Crippen molar-refractivity contribution in [1.29, 1.82) is 0 Å². The molecule has 0 aliphatic rings. The molecule has 0 aliphatic carbocycles. The molecule has 1 N–H and O–H groups in total. The summed E-state index contributed by atoms with van der Waals surface area (Å²) in [5.74, 6) is 0.148. The van der Waals surface area contributed by atoms with Crippen molar-refractivity contribution in [3.63, 3.8) is 0 Å². The van der Waals surface area contributed by atoms with Crippen molar-refractivity contribution >= 4 is 44.1 Å². The molecule has 2 aromatic heterocycles. The van der Waals surface area contributed by atoms with Gasteiger partial charge in [0.05, 0.1) is 9.79 Å².